The number of fused-ring (bicyclic) bond motifs is 5. The van der Waals surface area contributed by atoms with E-state index in [1.165, 1.54) is 6.07 Å². The van der Waals surface area contributed by atoms with Gasteiger partial charge in [0.1, 0.15) is 35.5 Å². The molecule has 2 bridgehead atoms. The maximum atomic E-state index is 15.3. The molecule has 1 aromatic carbocycles. The van der Waals surface area contributed by atoms with Crippen LogP contribution in [0, 0.1) is 11.6 Å². The van der Waals surface area contributed by atoms with E-state index in [4.69, 9.17) is 9.47 Å². The molecule has 0 N–H and O–H groups in total. The maximum Gasteiger partial charge on any atom is 0.410 e. The van der Waals surface area contributed by atoms with E-state index in [-0.39, 0.29) is 46.2 Å². The van der Waals surface area contributed by atoms with Crippen molar-refractivity contribution in [1.29, 1.82) is 0 Å². The molecule has 1 amide bonds. The molecule has 7 rings (SSSR count). The fourth-order valence-corrected chi connectivity index (χ4v) is 7.00. The van der Waals surface area contributed by atoms with Gasteiger partial charge in [0.15, 0.2) is 5.82 Å². The predicted octanol–water partition coefficient (Wildman–Crippen LogP) is 5.21. The molecular formula is C27H33BrF3N5O3. The van der Waals surface area contributed by atoms with Crippen molar-refractivity contribution < 1.29 is 27.4 Å². The lowest BCUT2D eigenvalue weighted by Gasteiger charge is -2.51. The van der Waals surface area contributed by atoms with E-state index in [9.17, 15) is 13.6 Å². The van der Waals surface area contributed by atoms with Crippen LogP contribution < -0.4 is 9.64 Å². The molecule has 212 valence electrons. The summed E-state index contributed by atoms with van der Waals surface area (Å²) in [6.07, 6.45) is 2.48. The van der Waals surface area contributed by atoms with Crippen LogP contribution in [0.4, 0.5) is 23.8 Å². The summed E-state index contributed by atoms with van der Waals surface area (Å²) in [5, 5.41) is 0.238. The number of amides is 1. The topological polar surface area (TPSA) is 71.0 Å². The molecule has 6 heterocycles. The molecule has 1 unspecified atom stereocenters. The number of halogens is 4. The van der Waals surface area contributed by atoms with Crippen LogP contribution in [0.1, 0.15) is 52.9 Å². The van der Waals surface area contributed by atoms with Gasteiger partial charge in [-0.2, -0.15) is 9.97 Å². The van der Waals surface area contributed by atoms with Crippen molar-refractivity contribution in [2.75, 3.05) is 37.7 Å². The Bertz CT molecular complexity index is 1310. The summed E-state index contributed by atoms with van der Waals surface area (Å²) >= 11 is 2.99. The van der Waals surface area contributed by atoms with Crippen molar-refractivity contribution in [2.24, 2.45) is 0 Å². The largest absolute Gasteiger partial charge is 0.461 e. The molecule has 0 radical (unpaired) electrons. The van der Waals surface area contributed by atoms with Gasteiger partial charge in [0.25, 0.3) is 0 Å². The van der Waals surface area contributed by atoms with Crippen molar-refractivity contribution in [1.82, 2.24) is 19.8 Å². The molecule has 0 spiro atoms. The quantitative estimate of drug-likeness (QED) is 0.439. The number of benzene rings is 1. The average molecular weight is 612 g/mol. The highest BCUT2D eigenvalue weighted by atomic mass is 79.9. The van der Waals surface area contributed by atoms with Crippen LogP contribution in [-0.2, 0) is 4.74 Å². The third kappa shape index (κ3) is 4.81. The van der Waals surface area contributed by atoms with Crippen molar-refractivity contribution >= 4 is 38.7 Å². The SMILES string of the molecule is CC(C)(C)OC(=O)N1C[C@@H]2CC[C@H]1CN2c1nc(OCC23CCCN2C[C@H](F)C3)nc2c(F)c(Br)c(F)cc12. The van der Waals surface area contributed by atoms with Gasteiger partial charge in [-0.1, -0.05) is 0 Å². The van der Waals surface area contributed by atoms with Gasteiger partial charge in [-0.3, -0.25) is 4.90 Å². The van der Waals surface area contributed by atoms with Crippen molar-refractivity contribution in [3.8, 4) is 6.01 Å². The Morgan fingerprint density at radius 1 is 1.18 bits per heavy atom. The monoisotopic (exact) mass is 611 g/mol. The summed E-state index contributed by atoms with van der Waals surface area (Å²) in [5.41, 5.74) is -1.08. The second kappa shape index (κ2) is 9.64. The first-order valence-electron chi connectivity index (χ1n) is 13.6. The first kappa shape index (κ1) is 26.9. The van der Waals surface area contributed by atoms with E-state index >= 15 is 4.39 Å². The molecule has 4 atom stereocenters. The fourth-order valence-electron chi connectivity index (χ4n) is 6.70. The third-order valence-corrected chi connectivity index (χ3v) is 9.17. The van der Waals surface area contributed by atoms with Crippen LogP contribution >= 0.6 is 15.9 Å². The highest BCUT2D eigenvalue weighted by Gasteiger charge is 2.49. The Hall–Kier alpha value is -2.34. The number of nitrogens with zero attached hydrogens (tertiary/aromatic N) is 5. The molecule has 5 fully saturated rings. The molecule has 5 saturated heterocycles. The number of carbonyl (C=O) groups excluding carboxylic acids is 1. The minimum absolute atomic E-state index is 0.0242. The van der Waals surface area contributed by atoms with E-state index in [0.29, 0.717) is 31.9 Å². The summed E-state index contributed by atoms with van der Waals surface area (Å²) in [4.78, 5) is 27.8. The van der Waals surface area contributed by atoms with Crippen LogP contribution in [0.15, 0.2) is 10.5 Å². The first-order chi connectivity index (χ1) is 18.4. The smallest absolute Gasteiger partial charge is 0.410 e. The number of anilines is 1. The number of hydrogen-bond donors (Lipinski definition) is 0. The summed E-state index contributed by atoms with van der Waals surface area (Å²) in [5.74, 6) is -1.22. The molecule has 5 aliphatic rings. The van der Waals surface area contributed by atoms with Crippen molar-refractivity contribution in [2.45, 2.75) is 82.3 Å². The van der Waals surface area contributed by atoms with Crippen LogP contribution in [-0.4, -0.2) is 88.0 Å². The highest BCUT2D eigenvalue weighted by Crippen LogP contribution is 2.42. The summed E-state index contributed by atoms with van der Waals surface area (Å²) in [7, 11) is 0. The van der Waals surface area contributed by atoms with E-state index in [1.54, 1.807) is 4.90 Å². The van der Waals surface area contributed by atoms with Gasteiger partial charge in [-0.25, -0.2) is 18.0 Å². The second-order valence-electron chi connectivity index (χ2n) is 12.2. The predicted molar refractivity (Wildman–Crippen MR) is 143 cm³/mol. The number of alkyl halides is 1. The summed E-state index contributed by atoms with van der Waals surface area (Å²) in [6, 6.07) is 0.964. The molecule has 0 aliphatic carbocycles. The lowest BCUT2D eigenvalue weighted by atomic mass is 9.91. The number of rotatable bonds is 4. The number of aromatic nitrogens is 2. The molecule has 1 aromatic heterocycles. The Balaban J connectivity index is 1.33. The molecular weight excluding hydrogens is 579 g/mol. The zero-order valence-electron chi connectivity index (χ0n) is 22.4. The zero-order chi connectivity index (χ0) is 27.7. The molecule has 12 heteroatoms. The van der Waals surface area contributed by atoms with Gasteiger partial charge >= 0.3 is 12.1 Å². The molecule has 8 nitrogen and oxygen atoms in total. The lowest BCUT2D eigenvalue weighted by Crippen LogP contribution is -2.64. The summed E-state index contributed by atoms with van der Waals surface area (Å²) < 4.78 is 55.7. The van der Waals surface area contributed by atoms with Gasteiger partial charge in [-0.05, 0) is 75.0 Å². The van der Waals surface area contributed by atoms with Gasteiger partial charge in [0, 0.05) is 37.5 Å². The highest BCUT2D eigenvalue weighted by molar-refractivity contribution is 9.10. The van der Waals surface area contributed by atoms with E-state index in [1.807, 2.05) is 25.7 Å². The van der Waals surface area contributed by atoms with Crippen LogP contribution in [0.2, 0.25) is 0 Å². The Kier molecular flexibility index (Phi) is 6.64. The Morgan fingerprint density at radius 3 is 2.67 bits per heavy atom. The number of carbonyl (C=O) groups is 1. The minimum atomic E-state index is -0.907. The van der Waals surface area contributed by atoms with E-state index < -0.39 is 28.9 Å². The fraction of sp³-hybridized carbons (Fsp3) is 0.667. The first-order valence-corrected chi connectivity index (χ1v) is 14.4. The number of ether oxygens (including phenoxy) is 2. The molecule has 39 heavy (non-hydrogen) atoms. The third-order valence-electron chi connectivity index (χ3n) is 8.45. The second-order valence-corrected chi connectivity index (χ2v) is 13.0. The number of hydrogen-bond acceptors (Lipinski definition) is 7. The van der Waals surface area contributed by atoms with Crippen molar-refractivity contribution in [3.63, 3.8) is 0 Å². The Morgan fingerprint density at radius 2 is 1.95 bits per heavy atom. The van der Waals surface area contributed by atoms with Crippen molar-refractivity contribution in [3.05, 3.63) is 22.2 Å². The Labute approximate surface area is 233 Å². The van der Waals surface area contributed by atoms with E-state index in [2.05, 4.69) is 30.8 Å². The molecule has 5 aliphatic heterocycles. The van der Waals surface area contributed by atoms with Gasteiger partial charge in [0.05, 0.1) is 16.1 Å². The van der Waals surface area contributed by atoms with E-state index in [0.717, 1.165) is 32.2 Å². The number of piperazine rings is 1. The minimum Gasteiger partial charge on any atom is -0.461 e. The lowest BCUT2D eigenvalue weighted by molar-refractivity contribution is 0.000794. The standard InChI is InChI=1S/C27H33BrF3N5O3/c1-26(2,3)39-25(37)36-13-16-5-6-17(36)12-35(16)23-18-9-19(30)20(28)21(31)22(18)32-24(33-23)38-14-27-7-4-8-34(27)11-15(29)10-27/h9,15-17H,4-8,10-14H2,1-3H3/t15-,16+,17+,27?/m1/s1. The zero-order valence-corrected chi connectivity index (χ0v) is 23.9. The van der Waals surface area contributed by atoms with Crippen LogP contribution in [0.3, 0.4) is 0 Å². The van der Waals surface area contributed by atoms with Crippen LogP contribution in [0.5, 0.6) is 6.01 Å². The number of piperidine rings is 2. The average Bonchev–Trinajstić information content (AvgIpc) is 3.41. The molecule has 2 aromatic rings. The maximum absolute atomic E-state index is 15.3. The summed E-state index contributed by atoms with van der Waals surface area (Å²) in [6.45, 7) is 7.75. The molecule has 0 saturated carbocycles. The van der Waals surface area contributed by atoms with Gasteiger partial charge in [0.2, 0.25) is 0 Å². The van der Waals surface area contributed by atoms with Gasteiger partial charge in [-0.15, -0.1) is 0 Å². The van der Waals surface area contributed by atoms with Gasteiger partial charge < -0.3 is 19.3 Å². The van der Waals surface area contributed by atoms with Crippen LogP contribution in [0.25, 0.3) is 10.9 Å². The normalized spacial score (nSPS) is 28.8.